The Balaban J connectivity index is 1.60. The maximum absolute atomic E-state index is 13.4. The van der Waals surface area contributed by atoms with Crippen LogP contribution in [-0.2, 0) is 11.4 Å². The molecule has 0 aliphatic carbocycles. The number of rotatable bonds is 7. The molecule has 33 heavy (non-hydrogen) atoms. The number of para-hydroxylation sites is 1. The van der Waals surface area contributed by atoms with Crippen LogP contribution in [-0.4, -0.2) is 17.8 Å². The molecule has 0 saturated carbocycles. The average Bonchev–Trinajstić information content (AvgIpc) is 3.06. The van der Waals surface area contributed by atoms with Gasteiger partial charge in [0.05, 0.1) is 22.2 Å². The van der Waals surface area contributed by atoms with Crippen molar-refractivity contribution >= 4 is 46.3 Å². The zero-order chi connectivity index (χ0) is 23.4. The smallest absolute Gasteiger partial charge is 0.298 e. The highest BCUT2D eigenvalue weighted by molar-refractivity contribution is 8.19. The van der Waals surface area contributed by atoms with Crippen LogP contribution in [0.1, 0.15) is 18.1 Å². The SMILES string of the molecule is CCOc1cc(/C=C2\SC(=O)N(c3ccccc3)C2=O)cc(Cl)c1OCc1cccc(F)c1. The van der Waals surface area contributed by atoms with Crippen LogP contribution in [0.5, 0.6) is 11.5 Å². The van der Waals surface area contributed by atoms with Crippen LogP contribution in [0.3, 0.4) is 0 Å². The molecule has 1 saturated heterocycles. The molecule has 1 heterocycles. The Morgan fingerprint density at radius 1 is 1.03 bits per heavy atom. The Morgan fingerprint density at radius 2 is 1.82 bits per heavy atom. The number of halogens is 2. The highest BCUT2D eigenvalue weighted by atomic mass is 35.5. The molecule has 0 aromatic heterocycles. The minimum Gasteiger partial charge on any atom is -0.490 e. The molecule has 0 N–H and O–H groups in total. The predicted molar refractivity (Wildman–Crippen MR) is 128 cm³/mol. The third-order valence-electron chi connectivity index (χ3n) is 4.71. The van der Waals surface area contributed by atoms with Gasteiger partial charge in [-0.3, -0.25) is 9.59 Å². The summed E-state index contributed by atoms with van der Waals surface area (Å²) in [6.07, 6.45) is 1.60. The first-order valence-electron chi connectivity index (χ1n) is 10.1. The molecule has 3 aromatic rings. The van der Waals surface area contributed by atoms with Crippen molar-refractivity contribution < 1.29 is 23.5 Å². The number of amides is 2. The lowest BCUT2D eigenvalue weighted by Gasteiger charge is -2.15. The first-order valence-corrected chi connectivity index (χ1v) is 11.3. The van der Waals surface area contributed by atoms with Crippen molar-refractivity contribution in [2.45, 2.75) is 13.5 Å². The Bertz CT molecular complexity index is 1230. The van der Waals surface area contributed by atoms with Gasteiger partial charge in [0.25, 0.3) is 11.1 Å². The molecule has 1 aliphatic rings. The molecule has 1 aliphatic heterocycles. The van der Waals surface area contributed by atoms with E-state index in [0.29, 0.717) is 34.9 Å². The van der Waals surface area contributed by atoms with Crippen molar-refractivity contribution in [3.63, 3.8) is 0 Å². The van der Waals surface area contributed by atoms with E-state index in [2.05, 4.69) is 0 Å². The summed E-state index contributed by atoms with van der Waals surface area (Å²) in [4.78, 5) is 26.7. The Hall–Kier alpha value is -3.29. The van der Waals surface area contributed by atoms with Gasteiger partial charge in [0.15, 0.2) is 11.5 Å². The van der Waals surface area contributed by atoms with E-state index >= 15 is 0 Å². The van der Waals surface area contributed by atoms with Gasteiger partial charge in [-0.05, 0) is 72.3 Å². The Labute approximate surface area is 199 Å². The number of nitrogens with zero attached hydrogens (tertiary/aromatic N) is 1. The van der Waals surface area contributed by atoms with Crippen molar-refractivity contribution in [2.75, 3.05) is 11.5 Å². The van der Waals surface area contributed by atoms with E-state index in [0.717, 1.165) is 16.7 Å². The molecule has 1 fully saturated rings. The van der Waals surface area contributed by atoms with Crippen LogP contribution in [0.25, 0.3) is 6.08 Å². The van der Waals surface area contributed by atoms with Crippen LogP contribution in [0.2, 0.25) is 5.02 Å². The number of hydrogen-bond acceptors (Lipinski definition) is 5. The molecule has 0 unspecified atom stereocenters. The van der Waals surface area contributed by atoms with Gasteiger partial charge in [-0.1, -0.05) is 41.9 Å². The van der Waals surface area contributed by atoms with Crippen LogP contribution < -0.4 is 14.4 Å². The summed E-state index contributed by atoms with van der Waals surface area (Å²) >= 11 is 7.32. The Morgan fingerprint density at radius 3 is 2.55 bits per heavy atom. The normalized spacial score (nSPS) is 14.8. The van der Waals surface area contributed by atoms with Gasteiger partial charge in [-0.2, -0.15) is 0 Å². The summed E-state index contributed by atoms with van der Waals surface area (Å²) in [5, 5.41) is -0.102. The fourth-order valence-electron chi connectivity index (χ4n) is 3.28. The predicted octanol–water partition coefficient (Wildman–Crippen LogP) is 6.70. The fourth-order valence-corrected chi connectivity index (χ4v) is 4.39. The van der Waals surface area contributed by atoms with Gasteiger partial charge >= 0.3 is 0 Å². The summed E-state index contributed by atoms with van der Waals surface area (Å²) < 4.78 is 25.0. The van der Waals surface area contributed by atoms with Gasteiger partial charge in [0.1, 0.15) is 12.4 Å². The lowest BCUT2D eigenvalue weighted by Crippen LogP contribution is -2.27. The van der Waals surface area contributed by atoms with Crippen LogP contribution in [0.4, 0.5) is 14.9 Å². The molecule has 3 aromatic carbocycles. The Kier molecular flexibility index (Phi) is 7.01. The topological polar surface area (TPSA) is 55.8 Å². The molecule has 0 atom stereocenters. The minimum absolute atomic E-state index is 0.104. The van der Waals surface area contributed by atoms with Crippen LogP contribution >= 0.6 is 23.4 Å². The van der Waals surface area contributed by atoms with E-state index in [1.165, 1.54) is 12.1 Å². The first-order chi connectivity index (χ1) is 16.0. The second-order valence-electron chi connectivity index (χ2n) is 7.03. The lowest BCUT2D eigenvalue weighted by molar-refractivity contribution is -0.113. The number of imide groups is 1. The van der Waals surface area contributed by atoms with Gasteiger partial charge in [0, 0.05) is 0 Å². The zero-order valence-electron chi connectivity index (χ0n) is 17.6. The van der Waals surface area contributed by atoms with Crippen molar-refractivity contribution in [2.24, 2.45) is 0 Å². The molecular formula is C25H19ClFNO4S. The number of benzene rings is 3. The van der Waals surface area contributed by atoms with Crippen molar-refractivity contribution in [1.29, 1.82) is 0 Å². The van der Waals surface area contributed by atoms with Gasteiger partial charge in [-0.25, -0.2) is 9.29 Å². The van der Waals surface area contributed by atoms with E-state index < -0.39 is 5.91 Å². The lowest BCUT2D eigenvalue weighted by atomic mass is 10.1. The van der Waals surface area contributed by atoms with E-state index in [1.54, 1.807) is 54.6 Å². The van der Waals surface area contributed by atoms with E-state index in [9.17, 15) is 14.0 Å². The minimum atomic E-state index is -0.406. The molecule has 8 heteroatoms. The zero-order valence-corrected chi connectivity index (χ0v) is 19.2. The first kappa shape index (κ1) is 22.9. The molecule has 0 bridgehead atoms. The average molecular weight is 484 g/mol. The fraction of sp³-hybridized carbons (Fsp3) is 0.120. The van der Waals surface area contributed by atoms with Gasteiger partial charge in [0.2, 0.25) is 0 Å². The molecule has 168 valence electrons. The monoisotopic (exact) mass is 483 g/mol. The van der Waals surface area contributed by atoms with Gasteiger partial charge < -0.3 is 9.47 Å². The number of hydrogen-bond donors (Lipinski definition) is 0. The highest BCUT2D eigenvalue weighted by Crippen LogP contribution is 2.40. The maximum atomic E-state index is 13.4. The molecule has 0 radical (unpaired) electrons. The van der Waals surface area contributed by atoms with Crippen LogP contribution in [0.15, 0.2) is 71.6 Å². The van der Waals surface area contributed by atoms with E-state index in [-0.39, 0.29) is 27.6 Å². The third kappa shape index (κ3) is 5.21. The summed E-state index contributed by atoms with van der Waals surface area (Å²) in [6, 6.07) is 18.1. The van der Waals surface area contributed by atoms with Crippen molar-refractivity contribution in [1.82, 2.24) is 0 Å². The van der Waals surface area contributed by atoms with Crippen molar-refractivity contribution in [3.05, 3.63) is 93.6 Å². The molecule has 5 nitrogen and oxygen atoms in total. The molecule has 0 spiro atoms. The summed E-state index contributed by atoms with van der Waals surface area (Å²) in [6.45, 7) is 2.29. The van der Waals surface area contributed by atoms with Gasteiger partial charge in [-0.15, -0.1) is 0 Å². The second kappa shape index (κ2) is 10.1. The second-order valence-corrected chi connectivity index (χ2v) is 8.43. The quantitative estimate of drug-likeness (QED) is 0.350. The summed E-state index contributed by atoms with van der Waals surface area (Å²) in [5.41, 5.74) is 1.74. The molecule has 2 amide bonds. The summed E-state index contributed by atoms with van der Waals surface area (Å²) in [7, 11) is 0. The largest absolute Gasteiger partial charge is 0.490 e. The highest BCUT2D eigenvalue weighted by Gasteiger charge is 2.36. The third-order valence-corrected chi connectivity index (χ3v) is 5.86. The molecular weight excluding hydrogens is 465 g/mol. The standard InChI is InChI=1S/C25H19ClFNO4S/c1-2-31-21-13-17(12-20(26)23(21)32-15-16-7-6-8-18(27)11-16)14-22-24(29)28(25(30)33-22)19-9-4-3-5-10-19/h3-14H,2,15H2,1H3/b22-14-. The summed E-state index contributed by atoms with van der Waals surface area (Å²) in [5.74, 6) is -0.0593. The number of thioether (sulfide) groups is 1. The number of carbonyl (C=O) groups is 2. The van der Waals surface area contributed by atoms with E-state index in [1.807, 2.05) is 13.0 Å². The number of anilines is 1. The molecule has 4 rings (SSSR count). The number of ether oxygens (including phenoxy) is 2. The number of carbonyl (C=O) groups excluding carboxylic acids is 2. The van der Waals surface area contributed by atoms with Crippen molar-refractivity contribution in [3.8, 4) is 11.5 Å². The van der Waals surface area contributed by atoms with E-state index in [4.69, 9.17) is 21.1 Å². The maximum Gasteiger partial charge on any atom is 0.298 e. The van der Waals surface area contributed by atoms with Crippen LogP contribution in [0, 0.1) is 5.82 Å².